The maximum absolute atomic E-state index is 9.54. The van der Waals surface area contributed by atoms with Crippen molar-refractivity contribution >= 4 is 23.2 Å². The molecule has 1 N–H and O–H groups in total. The second kappa shape index (κ2) is 7.21. The molecule has 3 aromatic heterocycles. The van der Waals surface area contributed by atoms with Crippen molar-refractivity contribution in [2.45, 2.75) is 13.0 Å². The van der Waals surface area contributed by atoms with E-state index in [1.807, 2.05) is 67.0 Å². The molecule has 144 valence electrons. The fraction of sp³-hybridized carbons (Fsp3) is 0.263. The van der Waals surface area contributed by atoms with Crippen molar-refractivity contribution in [1.29, 1.82) is 0 Å². The largest absolute Gasteiger partial charge is 0.394 e. The zero-order valence-electron chi connectivity index (χ0n) is 15.8. The first-order chi connectivity index (χ1) is 13.5. The number of likely N-dealkylation sites (N-methyl/N-ethyl adjacent to an activating group) is 1. The van der Waals surface area contributed by atoms with Gasteiger partial charge in [-0.1, -0.05) is 23.7 Å². The Morgan fingerprint density at radius 3 is 2.54 bits per heavy atom. The van der Waals surface area contributed by atoms with Gasteiger partial charge in [-0.05, 0) is 19.1 Å². The van der Waals surface area contributed by atoms with Gasteiger partial charge in [-0.3, -0.25) is 9.08 Å². The summed E-state index contributed by atoms with van der Waals surface area (Å²) in [4.78, 5) is 6.72. The van der Waals surface area contributed by atoms with Crippen LogP contribution in [0.15, 0.2) is 42.9 Å². The molecule has 8 nitrogen and oxygen atoms in total. The highest BCUT2D eigenvalue weighted by Crippen LogP contribution is 2.29. The predicted molar refractivity (Wildman–Crippen MR) is 108 cm³/mol. The van der Waals surface area contributed by atoms with Crippen LogP contribution >= 0.6 is 11.6 Å². The molecule has 0 fully saturated rings. The van der Waals surface area contributed by atoms with E-state index >= 15 is 0 Å². The van der Waals surface area contributed by atoms with Crippen LogP contribution in [-0.2, 0) is 7.05 Å². The number of rotatable bonds is 5. The standard InChI is InChI=1S/C19H20ClN7O/c1-12(11-28)26(3)19-24-23-18-17(14-8-21-25(2)9-14)22-16(10-27(18)19)13-4-6-15(20)7-5-13/h4-10,12,28H,11H2,1-3H3/t12-/m0/s1. The van der Waals surface area contributed by atoms with E-state index in [4.69, 9.17) is 16.6 Å². The molecule has 4 rings (SSSR count). The summed E-state index contributed by atoms with van der Waals surface area (Å²) in [5.74, 6) is 0.624. The summed E-state index contributed by atoms with van der Waals surface area (Å²) < 4.78 is 3.62. The summed E-state index contributed by atoms with van der Waals surface area (Å²) in [6.07, 6.45) is 5.54. The summed E-state index contributed by atoms with van der Waals surface area (Å²) in [5.41, 5.74) is 3.84. The summed E-state index contributed by atoms with van der Waals surface area (Å²) in [5, 5.41) is 23.2. The van der Waals surface area contributed by atoms with Crippen LogP contribution in [0.5, 0.6) is 0 Å². The highest BCUT2D eigenvalue weighted by molar-refractivity contribution is 6.30. The Morgan fingerprint density at radius 2 is 1.89 bits per heavy atom. The number of aliphatic hydroxyl groups excluding tert-OH is 1. The number of anilines is 1. The van der Waals surface area contributed by atoms with Crippen molar-refractivity contribution in [1.82, 2.24) is 29.4 Å². The average molecular weight is 398 g/mol. The summed E-state index contributed by atoms with van der Waals surface area (Å²) in [6, 6.07) is 7.40. The summed E-state index contributed by atoms with van der Waals surface area (Å²) in [7, 11) is 3.74. The van der Waals surface area contributed by atoms with E-state index in [0.29, 0.717) is 22.3 Å². The number of fused-ring (bicyclic) bond motifs is 1. The van der Waals surface area contributed by atoms with Gasteiger partial charge in [-0.2, -0.15) is 5.10 Å². The summed E-state index contributed by atoms with van der Waals surface area (Å²) >= 11 is 6.04. The number of aryl methyl sites for hydroxylation is 1. The van der Waals surface area contributed by atoms with Gasteiger partial charge in [0.1, 0.15) is 5.69 Å². The zero-order valence-corrected chi connectivity index (χ0v) is 16.5. The Kier molecular flexibility index (Phi) is 4.74. The molecular weight excluding hydrogens is 378 g/mol. The van der Waals surface area contributed by atoms with Gasteiger partial charge in [-0.15, -0.1) is 10.2 Å². The van der Waals surface area contributed by atoms with Crippen molar-refractivity contribution in [3.05, 3.63) is 47.9 Å². The first-order valence-electron chi connectivity index (χ1n) is 8.82. The number of nitrogens with zero attached hydrogens (tertiary/aromatic N) is 7. The van der Waals surface area contributed by atoms with Crippen LogP contribution in [0, 0.1) is 0 Å². The van der Waals surface area contributed by atoms with Gasteiger partial charge in [-0.25, -0.2) is 4.98 Å². The van der Waals surface area contributed by atoms with Crippen LogP contribution in [0.25, 0.3) is 28.2 Å². The monoisotopic (exact) mass is 397 g/mol. The lowest BCUT2D eigenvalue weighted by molar-refractivity contribution is 0.269. The smallest absolute Gasteiger partial charge is 0.231 e. The van der Waals surface area contributed by atoms with E-state index in [9.17, 15) is 5.11 Å². The van der Waals surface area contributed by atoms with Gasteiger partial charge in [0, 0.05) is 42.6 Å². The van der Waals surface area contributed by atoms with Gasteiger partial charge in [0.15, 0.2) is 5.65 Å². The molecule has 0 unspecified atom stereocenters. The Labute approximate surface area is 167 Å². The molecule has 0 saturated heterocycles. The average Bonchev–Trinajstić information content (AvgIpc) is 3.32. The molecule has 9 heteroatoms. The lowest BCUT2D eigenvalue weighted by Crippen LogP contribution is -2.33. The third kappa shape index (κ3) is 3.21. The van der Waals surface area contributed by atoms with Crippen LogP contribution in [0.1, 0.15) is 6.92 Å². The molecule has 0 aliphatic heterocycles. The van der Waals surface area contributed by atoms with Crippen LogP contribution in [0.2, 0.25) is 5.02 Å². The van der Waals surface area contributed by atoms with Crippen molar-refractivity contribution < 1.29 is 5.11 Å². The predicted octanol–water partition coefficient (Wildman–Crippen LogP) is 2.66. The molecule has 0 spiro atoms. The van der Waals surface area contributed by atoms with Crippen LogP contribution in [-0.4, -0.2) is 54.2 Å². The Balaban J connectivity index is 1.96. The highest BCUT2D eigenvalue weighted by atomic mass is 35.5. The topological polar surface area (TPSA) is 84.4 Å². The Bertz CT molecular complexity index is 1120. The SMILES string of the molecule is C[C@@H](CO)N(C)c1nnc2c(-c3cnn(C)c3)nc(-c3ccc(Cl)cc3)cn12. The molecule has 0 aliphatic carbocycles. The number of benzene rings is 1. The van der Waals surface area contributed by atoms with Crippen molar-refractivity contribution in [3.8, 4) is 22.5 Å². The Hall–Kier alpha value is -2.97. The molecule has 3 heterocycles. The lowest BCUT2D eigenvalue weighted by Gasteiger charge is -2.22. The molecule has 0 bridgehead atoms. The van der Waals surface area contributed by atoms with E-state index in [1.54, 1.807) is 10.9 Å². The van der Waals surface area contributed by atoms with Crippen LogP contribution in [0.4, 0.5) is 5.95 Å². The summed E-state index contributed by atoms with van der Waals surface area (Å²) in [6.45, 7) is 1.93. The maximum atomic E-state index is 9.54. The van der Waals surface area contributed by atoms with Gasteiger partial charge in [0.05, 0.1) is 24.5 Å². The minimum atomic E-state index is -0.110. The fourth-order valence-corrected chi connectivity index (χ4v) is 3.07. The molecule has 0 radical (unpaired) electrons. The normalized spacial score (nSPS) is 12.5. The first-order valence-corrected chi connectivity index (χ1v) is 9.20. The van der Waals surface area contributed by atoms with E-state index < -0.39 is 0 Å². The van der Waals surface area contributed by atoms with E-state index in [1.165, 1.54) is 0 Å². The molecule has 4 aromatic rings. The highest BCUT2D eigenvalue weighted by Gasteiger charge is 2.20. The lowest BCUT2D eigenvalue weighted by atomic mass is 10.1. The van der Waals surface area contributed by atoms with Crippen molar-refractivity contribution in [2.75, 3.05) is 18.6 Å². The van der Waals surface area contributed by atoms with Crippen molar-refractivity contribution in [2.24, 2.45) is 7.05 Å². The van der Waals surface area contributed by atoms with Gasteiger partial charge in [0.25, 0.3) is 0 Å². The molecule has 0 amide bonds. The minimum Gasteiger partial charge on any atom is -0.394 e. The molecular formula is C19H20ClN7O. The number of hydrogen-bond acceptors (Lipinski definition) is 6. The molecule has 0 aliphatic rings. The Morgan fingerprint density at radius 1 is 1.14 bits per heavy atom. The van der Waals surface area contributed by atoms with E-state index in [-0.39, 0.29) is 12.6 Å². The van der Waals surface area contributed by atoms with Crippen LogP contribution in [0.3, 0.4) is 0 Å². The van der Waals surface area contributed by atoms with Gasteiger partial charge in [0.2, 0.25) is 5.95 Å². The number of hydrogen-bond donors (Lipinski definition) is 1. The van der Waals surface area contributed by atoms with Gasteiger partial charge < -0.3 is 10.0 Å². The second-order valence-corrected chi connectivity index (χ2v) is 7.16. The third-order valence-electron chi connectivity index (χ3n) is 4.73. The number of aromatic nitrogens is 6. The number of aliphatic hydroxyl groups is 1. The minimum absolute atomic E-state index is 0.00992. The second-order valence-electron chi connectivity index (χ2n) is 6.72. The van der Waals surface area contributed by atoms with E-state index in [0.717, 1.165) is 16.8 Å². The van der Waals surface area contributed by atoms with Crippen LogP contribution < -0.4 is 4.90 Å². The zero-order chi connectivity index (χ0) is 19.8. The molecule has 0 saturated carbocycles. The van der Waals surface area contributed by atoms with Gasteiger partial charge >= 0.3 is 0 Å². The number of halogens is 1. The molecule has 1 atom stereocenters. The van der Waals surface area contributed by atoms with E-state index in [2.05, 4.69) is 15.3 Å². The maximum Gasteiger partial charge on any atom is 0.231 e. The molecule has 1 aromatic carbocycles. The fourth-order valence-electron chi connectivity index (χ4n) is 2.94. The molecule has 28 heavy (non-hydrogen) atoms. The quantitative estimate of drug-likeness (QED) is 0.557. The first kappa shape index (κ1) is 18.4. The third-order valence-corrected chi connectivity index (χ3v) is 4.98. The van der Waals surface area contributed by atoms with Crippen molar-refractivity contribution in [3.63, 3.8) is 0 Å².